The topological polar surface area (TPSA) is 103 Å². The summed E-state index contributed by atoms with van der Waals surface area (Å²) in [5, 5.41) is 0. The van der Waals surface area contributed by atoms with Crippen LogP contribution >= 0.6 is 0 Å². The van der Waals surface area contributed by atoms with Crippen molar-refractivity contribution in [1.29, 1.82) is 0 Å². The Bertz CT molecular complexity index is 926. The van der Waals surface area contributed by atoms with Gasteiger partial charge in [0.1, 0.15) is 6.61 Å². The molecule has 1 heterocycles. The molecule has 150 valence electrons. The fourth-order valence-electron chi connectivity index (χ4n) is 3.16. The Labute approximate surface area is 167 Å². The molecular weight excluding hydrogens is 376 g/mol. The highest BCUT2D eigenvalue weighted by Gasteiger charge is 2.52. The van der Waals surface area contributed by atoms with Crippen molar-refractivity contribution < 1.29 is 28.6 Å². The quantitative estimate of drug-likeness (QED) is 0.583. The highest BCUT2D eigenvalue weighted by Crippen LogP contribution is 2.49. The predicted octanol–water partition coefficient (Wildman–Crippen LogP) is 1.25. The van der Waals surface area contributed by atoms with Gasteiger partial charge in [-0.15, -0.1) is 0 Å². The molecule has 1 aliphatic heterocycles. The Morgan fingerprint density at radius 3 is 2.38 bits per heavy atom. The van der Waals surface area contributed by atoms with Gasteiger partial charge in [-0.2, -0.15) is 0 Å². The molecule has 2 N–H and O–H groups in total. The van der Waals surface area contributed by atoms with E-state index in [2.05, 4.69) is 10.9 Å². The van der Waals surface area contributed by atoms with Crippen molar-refractivity contribution in [2.45, 2.75) is 24.4 Å². The average molecular weight is 396 g/mol. The van der Waals surface area contributed by atoms with E-state index in [1.807, 2.05) is 30.3 Å². The maximum atomic E-state index is 12.4. The number of rotatable bonds is 5. The normalized spacial score (nSPS) is 18.3. The third kappa shape index (κ3) is 4.01. The first-order valence-electron chi connectivity index (χ1n) is 9.28. The molecule has 2 aromatic rings. The molecule has 8 nitrogen and oxygen atoms in total. The molecule has 0 unspecified atom stereocenters. The van der Waals surface area contributed by atoms with Gasteiger partial charge < -0.3 is 14.2 Å². The molecule has 0 spiro atoms. The molecule has 0 saturated heterocycles. The van der Waals surface area contributed by atoms with Gasteiger partial charge in [0, 0.05) is 0 Å². The smallest absolute Gasteiger partial charge is 0.317 e. The molecule has 0 radical (unpaired) electrons. The van der Waals surface area contributed by atoms with E-state index in [1.165, 1.54) is 0 Å². The van der Waals surface area contributed by atoms with Crippen LogP contribution in [0.3, 0.4) is 0 Å². The lowest BCUT2D eigenvalue weighted by molar-refractivity contribution is -0.151. The lowest BCUT2D eigenvalue weighted by Crippen LogP contribution is -2.51. The second-order valence-electron chi connectivity index (χ2n) is 6.93. The minimum absolute atomic E-state index is 0.0211. The van der Waals surface area contributed by atoms with Crippen LogP contribution in [0.25, 0.3) is 0 Å². The van der Waals surface area contributed by atoms with Crippen LogP contribution in [0, 0.1) is 0 Å². The van der Waals surface area contributed by atoms with E-state index in [4.69, 9.17) is 14.2 Å². The summed E-state index contributed by atoms with van der Waals surface area (Å²) in [6.07, 6.45) is 0.476. The molecule has 2 aliphatic rings. The molecule has 1 fully saturated rings. The zero-order valence-corrected chi connectivity index (χ0v) is 15.6. The highest BCUT2D eigenvalue weighted by atomic mass is 16.6. The Kier molecular flexibility index (Phi) is 5.07. The lowest BCUT2D eigenvalue weighted by Gasteiger charge is -2.25. The minimum atomic E-state index is -0.902. The summed E-state index contributed by atoms with van der Waals surface area (Å²) in [5.74, 6) is -0.643. The van der Waals surface area contributed by atoms with Crippen molar-refractivity contribution in [1.82, 2.24) is 10.9 Å². The number of nitrogens with one attached hydrogen (secondary N) is 2. The van der Waals surface area contributed by atoms with Crippen LogP contribution in [0.4, 0.5) is 0 Å². The Balaban J connectivity index is 1.23. The molecule has 2 amide bonds. The van der Waals surface area contributed by atoms with Gasteiger partial charge in [-0.3, -0.25) is 25.2 Å². The van der Waals surface area contributed by atoms with E-state index in [1.54, 1.807) is 24.3 Å². The second kappa shape index (κ2) is 7.83. The third-order valence-electron chi connectivity index (χ3n) is 4.93. The van der Waals surface area contributed by atoms with Gasteiger partial charge in [-0.1, -0.05) is 42.5 Å². The van der Waals surface area contributed by atoms with Crippen LogP contribution in [0.5, 0.6) is 11.5 Å². The van der Waals surface area contributed by atoms with Crippen LogP contribution < -0.4 is 20.3 Å². The average Bonchev–Trinajstić information content (AvgIpc) is 3.58. The number of carbonyl (C=O) groups is 3. The maximum absolute atomic E-state index is 12.4. The number of carbonyl (C=O) groups excluding carboxylic acids is 3. The number of hydrogen-bond acceptors (Lipinski definition) is 6. The SMILES string of the molecule is O=C(COC(=O)C1(c2ccccc2)CC1)NNC(=O)[C@@H]1COc2ccccc2O1. The van der Waals surface area contributed by atoms with E-state index >= 15 is 0 Å². The van der Waals surface area contributed by atoms with Crippen molar-refractivity contribution in [3.63, 3.8) is 0 Å². The number of benzene rings is 2. The van der Waals surface area contributed by atoms with Crippen LogP contribution in [-0.4, -0.2) is 37.1 Å². The number of hydrogen-bond donors (Lipinski definition) is 2. The first kappa shape index (κ1) is 18.8. The van der Waals surface area contributed by atoms with Gasteiger partial charge in [0.2, 0.25) is 6.10 Å². The van der Waals surface area contributed by atoms with Gasteiger partial charge in [-0.25, -0.2) is 0 Å². The Hall–Kier alpha value is -3.55. The van der Waals surface area contributed by atoms with Crippen molar-refractivity contribution in [3.05, 3.63) is 60.2 Å². The molecule has 29 heavy (non-hydrogen) atoms. The summed E-state index contributed by atoms with van der Waals surface area (Å²) >= 11 is 0. The number of esters is 1. The summed E-state index contributed by atoms with van der Waals surface area (Å²) in [7, 11) is 0. The van der Waals surface area contributed by atoms with Gasteiger partial charge in [-0.05, 0) is 30.5 Å². The molecule has 0 aromatic heterocycles. The van der Waals surface area contributed by atoms with Crippen molar-refractivity contribution >= 4 is 17.8 Å². The summed E-state index contributed by atoms with van der Waals surface area (Å²) in [6.45, 7) is -0.466. The summed E-state index contributed by atoms with van der Waals surface area (Å²) in [4.78, 5) is 36.5. The Morgan fingerprint density at radius 1 is 0.966 bits per heavy atom. The number of hydrazine groups is 1. The number of amides is 2. The molecule has 2 aromatic carbocycles. The molecule has 1 saturated carbocycles. The summed E-state index contributed by atoms with van der Waals surface area (Å²) in [5.41, 5.74) is 4.70. The first-order chi connectivity index (χ1) is 14.1. The van der Waals surface area contributed by atoms with Crippen LogP contribution in [0.2, 0.25) is 0 Å². The zero-order chi connectivity index (χ0) is 20.3. The Morgan fingerprint density at radius 2 is 1.66 bits per heavy atom. The molecule has 4 rings (SSSR count). The monoisotopic (exact) mass is 396 g/mol. The minimum Gasteiger partial charge on any atom is -0.485 e. The van der Waals surface area contributed by atoms with Crippen LogP contribution in [0.15, 0.2) is 54.6 Å². The molecule has 1 atom stereocenters. The van der Waals surface area contributed by atoms with Gasteiger partial charge in [0.05, 0.1) is 5.41 Å². The van der Waals surface area contributed by atoms with Crippen LogP contribution in [-0.2, 0) is 24.5 Å². The fraction of sp³-hybridized carbons (Fsp3) is 0.286. The van der Waals surface area contributed by atoms with E-state index in [0.717, 1.165) is 5.56 Å². The van der Waals surface area contributed by atoms with Gasteiger partial charge in [0.15, 0.2) is 18.1 Å². The molecule has 8 heteroatoms. The van der Waals surface area contributed by atoms with Crippen molar-refractivity contribution in [2.24, 2.45) is 0 Å². The number of para-hydroxylation sites is 2. The number of fused-ring (bicyclic) bond motifs is 1. The maximum Gasteiger partial charge on any atom is 0.317 e. The van der Waals surface area contributed by atoms with Crippen molar-refractivity contribution in [3.8, 4) is 11.5 Å². The summed E-state index contributed by atoms with van der Waals surface area (Å²) in [6, 6.07) is 16.3. The van der Waals surface area contributed by atoms with Gasteiger partial charge in [0.25, 0.3) is 11.8 Å². The molecule has 1 aliphatic carbocycles. The van der Waals surface area contributed by atoms with E-state index in [0.29, 0.717) is 24.3 Å². The fourth-order valence-corrected chi connectivity index (χ4v) is 3.16. The van der Waals surface area contributed by atoms with E-state index in [9.17, 15) is 14.4 Å². The van der Waals surface area contributed by atoms with Crippen LogP contribution in [0.1, 0.15) is 18.4 Å². The lowest BCUT2D eigenvalue weighted by atomic mass is 9.96. The first-order valence-corrected chi connectivity index (χ1v) is 9.28. The molecule has 0 bridgehead atoms. The number of ether oxygens (including phenoxy) is 3. The molecular formula is C21H20N2O6. The largest absolute Gasteiger partial charge is 0.485 e. The second-order valence-corrected chi connectivity index (χ2v) is 6.93. The van der Waals surface area contributed by atoms with Crippen molar-refractivity contribution in [2.75, 3.05) is 13.2 Å². The van der Waals surface area contributed by atoms with Gasteiger partial charge >= 0.3 is 5.97 Å². The summed E-state index contributed by atoms with van der Waals surface area (Å²) < 4.78 is 16.2. The van der Waals surface area contributed by atoms with E-state index < -0.39 is 35.9 Å². The highest BCUT2D eigenvalue weighted by molar-refractivity contribution is 5.90. The zero-order valence-electron chi connectivity index (χ0n) is 15.6. The third-order valence-corrected chi connectivity index (χ3v) is 4.93. The van der Waals surface area contributed by atoms with E-state index in [-0.39, 0.29) is 6.61 Å². The predicted molar refractivity (Wildman–Crippen MR) is 101 cm³/mol. The standard InChI is InChI=1S/C21H20N2O6/c24-18(13-28-20(26)21(10-11-21)14-6-2-1-3-7-14)22-23-19(25)17-12-27-15-8-4-5-9-16(15)29-17/h1-9,17H,10-13H2,(H,22,24)(H,23,25)/t17-/m0/s1.